The normalized spacial score (nSPS) is 15.6. The van der Waals surface area contributed by atoms with E-state index in [4.69, 9.17) is 4.74 Å². The summed E-state index contributed by atoms with van der Waals surface area (Å²) in [5, 5.41) is 17.6. The van der Waals surface area contributed by atoms with E-state index in [2.05, 4.69) is 15.4 Å². The van der Waals surface area contributed by atoms with Gasteiger partial charge in [0.1, 0.15) is 5.75 Å². The minimum atomic E-state index is -0.886. The Morgan fingerprint density at radius 1 is 0.907 bits per heavy atom. The molecule has 3 atom stereocenters. The summed E-state index contributed by atoms with van der Waals surface area (Å²) in [4.78, 5) is 37.3. The van der Waals surface area contributed by atoms with Gasteiger partial charge in [0.2, 0.25) is 11.8 Å². The van der Waals surface area contributed by atoms with Crippen LogP contribution in [0.5, 0.6) is 5.75 Å². The van der Waals surface area contributed by atoms with E-state index in [-0.39, 0.29) is 43.7 Å². The second-order valence-electron chi connectivity index (χ2n) is 11.9. The highest BCUT2D eigenvalue weighted by Gasteiger charge is 2.26. The summed E-state index contributed by atoms with van der Waals surface area (Å²) in [6, 6.07) is 16.6. The third kappa shape index (κ3) is 13.6. The first-order valence-corrected chi connectivity index (χ1v) is 15.9. The number of ether oxygens (including phenoxy) is 2. The van der Waals surface area contributed by atoms with Crippen molar-refractivity contribution in [3.8, 4) is 5.75 Å². The highest BCUT2D eigenvalue weighted by Crippen LogP contribution is 2.28. The Bertz CT molecular complexity index is 1100. The summed E-state index contributed by atoms with van der Waals surface area (Å²) in [5.74, 6) is 0.557. The SMILES string of the molecule is COC(=O)CCC(=O)N[C@@H](CCCC1CCCCC1)C[C@H](O)[C@H](Cc1ccccc1)NC(=O)CCOc1ccc(C)cc1. The largest absolute Gasteiger partial charge is 0.493 e. The molecule has 1 saturated carbocycles. The van der Waals surface area contributed by atoms with Gasteiger partial charge in [-0.15, -0.1) is 0 Å². The van der Waals surface area contributed by atoms with Gasteiger partial charge in [0, 0.05) is 12.5 Å². The summed E-state index contributed by atoms with van der Waals surface area (Å²) >= 11 is 0. The van der Waals surface area contributed by atoms with Crippen LogP contribution in [0.1, 0.15) is 88.2 Å². The number of carbonyl (C=O) groups excluding carboxylic acids is 3. The van der Waals surface area contributed by atoms with Crippen molar-refractivity contribution in [2.75, 3.05) is 13.7 Å². The van der Waals surface area contributed by atoms with Gasteiger partial charge in [-0.3, -0.25) is 14.4 Å². The van der Waals surface area contributed by atoms with Crippen LogP contribution in [-0.4, -0.2) is 54.8 Å². The number of esters is 1. The highest BCUT2D eigenvalue weighted by atomic mass is 16.5. The second-order valence-corrected chi connectivity index (χ2v) is 11.9. The molecule has 0 aliphatic heterocycles. The first-order valence-electron chi connectivity index (χ1n) is 15.9. The molecule has 3 N–H and O–H groups in total. The Balaban J connectivity index is 1.61. The second kappa shape index (κ2) is 19.0. The average Bonchev–Trinajstić information content (AvgIpc) is 3.01. The molecule has 0 heterocycles. The number of nitrogens with one attached hydrogen (secondary N) is 2. The molecule has 3 rings (SSSR count). The van der Waals surface area contributed by atoms with Crippen molar-refractivity contribution in [3.05, 3.63) is 65.7 Å². The van der Waals surface area contributed by atoms with Crippen LogP contribution in [0.4, 0.5) is 0 Å². The summed E-state index contributed by atoms with van der Waals surface area (Å²) in [6.45, 7) is 2.23. The zero-order valence-corrected chi connectivity index (χ0v) is 25.9. The summed E-state index contributed by atoms with van der Waals surface area (Å²) in [6.07, 6.45) is 9.26. The van der Waals surface area contributed by atoms with Crippen LogP contribution in [0, 0.1) is 12.8 Å². The fourth-order valence-corrected chi connectivity index (χ4v) is 5.78. The van der Waals surface area contributed by atoms with Crippen molar-refractivity contribution < 1.29 is 29.0 Å². The van der Waals surface area contributed by atoms with Gasteiger partial charge in [0.05, 0.1) is 38.7 Å². The maximum Gasteiger partial charge on any atom is 0.306 e. The molecular formula is C35H50N2O6. The number of aliphatic hydroxyl groups is 1. The van der Waals surface area contributed by atoms with Crippen LogP contribution in [-0.2, 0) is 25.5 Å². The summed E-state index contributed by atoms with van der Waals surface area (Å²) in [7, 11) is 1.31. The van der Waals surface area contributed by atoms with Crippen molar-refractivity contribution in [2.24, 2.45) is 5.92 Å². The molecule has 0 saturated heterocycles. The van der Waals surface area contributed by atoms with Crippen LogP contribution in [0.15, 0.2) is 54.6 Å². The topological polar surface area (TPSA) is 114 Å². The van der Waals surface area contributed by atoms with Crippen LogP contribution in [0.25, 0.3) is 0 Å². The van der Waals surface area contributed by atoms with Crippen LogP contribution >= 0.6 is 0 Å². The third-order valence-corrected chi connectivity index (χ3v) is 8.29. The number of methoxy groups -OCH3 is 1. The quantitative estimate of drug-likeness (QED) is 0.198. The maximum absolute atomic E-state index is 13.0. The zero-order valence-electron chi connectivity index (χ0n) is 25.9. The number of aryl methyl sites for hydroxylation is 1. The number of hydrogen-bond acceptors (Lipinski definition) is 6. The fourth-order valence-electron chi connectivity index (χ4n) is 5.78. The van der Waals surface area contributed by atoms with Gasteiger partial charge in [-0.2, -0.15) is 0 Å². The number of hydrogen-bond donors (Lipinski definition) is 3. The van der Waals surface area contributed by atoms with Crippen molar-refractivity contribution in [1.29, 1.82) is 0 Å². The number of carbonyl (C=O) groups is 3. The molecule has 1 fully saturated rings. The molecule has 0 radical (unpaired) electrons. The molecule has 236 valence electrons. The highest BCUT2D eigenvalue weighted by molar-refractivity contribution is 5.81. The van der Waals surface area contributed by atoms with Gasteiger partial charge < -0.3 is 25.2 Å². The Hall–Kier alpha value is -3.39. The molecule has 8 nitrogen and oxygen atoms in total. The molecule has 1 aliphatic rings. The number of rotatable bonds is 18. The number of benzene rings is 2. The first kappa shape index (κ1) is 34.1. The zero-order chi connectivity index (χ0) is 30.9. The van der Waals surface area contributed by atoms with Crippen molar-refractivity contribution in [3.63, 3.8) is 0 Å². The van der Waals surface area contributed by atoms with Gasteiger partial charge in [-0.05, 0) is 49.8 Å². The molecule has 0 unspecified atom stereocenters. The molecule has 43 heavy (non-hydrogen) atoms. The van der Waals surface area contributed by atoms with E-state index in [1.807, 2.05) is 61.5 Å². The molecule has 0 bridgehead atoms. The van der Waals surface area contributed by atoms with E-state index in [0.717, 1.165) is 36.3 Å². The van der Waals surface area contributed by atoms with Crippen LogP contribution < -0.4 is 15.4 Å². The molecule has 1 aliphatic carbocycles. The van der Waals surface area contributed by atoms with Gasteiger partial charge in [-0.25, -0.2) is 0 Å². The molecule has 2 aromatic carbocycles. The molecule has 0 spiro atoms. The van der Waals surface area contributed by atoms with Crippen LogP contribution in [0.2, 0.25) is 0 Å². The predicted octanol–water partition coefficient (Wildman–Crippen LogP) is 5.43. The average molecular weight is 595 g/mol. The van der Waals surface area contributed by atoms with Crippen molar-refractivity contribution in [2.45, 2.75) is 109 Å². The molecule has 0 aromatic heterocycles. The fraction of sp³-hybridized carbons (Fsp3) is 0.571. The third-order valence-electron chi connectivity index (χ3n) is 8.29. The van der Waals surface area contributed by atoms with E-state index >= 15 is 0 Å². The van der Waals surface area contributed by atoms with Crippen molar-refractivity contribution >= 4 is 17.8 Å². The monoisotopic (exact) mass is 594 g/mol. The van der Waals surface area contributed by atoms with Gasteiger partial charge >= 0.3 is 5.97 Å². The lowest BCUT2D eigenvalue weighted by molar-refractivity contribution is -0.142. The van der Waals surface area contributed by atoms with E-state index < -0.39 is 18.1 Å². The Labute approximate surface area is 256 Å². The van der Waals surface area contributed by atoms with Crippen LogP contribution in [0.3, 0.4) is 0 Å². The number of amides is 2. The Morgan fingerprint density at radius 3 is 2.30 bits per heavy atom. The summed E-state index contributed by atoms with van der Waals surface area (Å²) < 4.78 is 10.4. The minimum Gasteiger partial charge on any atom is -0.493 e. The maximum atomic E-state index is 13.0. The van der Waals surface area contributed by atoms with E-state index in [9.17, 15) is 19.5 Å². The summed E-state index contributed by atoms with van der Waals surface area (Å²) in [5.41, 5.74) is 2.13. The lowest BCUT2D eigenvalue weighted by Crippen LogP contribution is -2.48. The Kier molecular flexibility index (Phi) is 15.1. The van der Waals surface area contributed by atoms with E-state index in [1.165, 1.54) is 39.2 Å². The number of aliphatic hydroxyl groups excluding tert-OH is 1. The van der Waals surface area contributed by atoms with Gasteiger partial charge in [0.25, 0.3) is 0 Å². The predicted molar refractivity (Wildman–Crippen MR) is 168 cm³/mol. The first-order chi connectivity index (χ1) is 20.8. The molecule has 8 heteroatoms. The Morgan fingerprint density at radius 2 is 1.60 bits per heavy atom. The molecular weight excluding hydrogens is 544 g/mol. The lowest BCUT2D eigenvalue weighted by Gasteiger charge is -2.29. The van der Waals surface area contributed by atoms with E-state index in [1.54, 1.807) is 0 Å². The van der Waals surface area contributed by atoms with Crippen molar-refractivity contribution in [1.82, 2.24) is 10.6 Å². The molecule has 2 aromatic rings. The standard InChI is InChI=1S/C35H50N2O6/c1-26-16-18-30(19-17-26)43-23-22-34(40)37-31(24-28-12-7-4-8-13-28)32(38)25-29(36-33(39)20-21-35(41)42-2)15-9-14-27-10-5-3-6-11-27/h4,7-8,12-13,16-19,27,29,31-32,38H,3,5-6,9-11,14-15,20-25H2,1-2H3,(H,36,39)(H,37,40)/t29-,31-,32-/m0/s1. The van der Waals surface area contributed by atoms with Gasteiger partial charge in [-0.1, -0.05) is 93.0 Å². The van der Waals surface area contributed by atoms with E-state index in [0.29, 0.717) is 18.6 Å². The smallest absolute Gasteiger partial charge is 0.306 e. The van der Waals surface area contributed by atoms with Gasteiger partial charge in [0.15, 0.2) is 0 Å². The molecule has 2 amide bonds. The minimum absolute atomic E-state index is 0.0109. The lowest BCUT2D eigenvalue weighted by atomic mass is 9.85.